The van der Waals surface area contributed by atoms with E-state index >= 15 is 0 Å². The maximum absolute atomic E-state index is 12.9. The zero-order chi connectivity index (χ0) is 20.2. The molecule has 4 rings (SSSR count). The Bertz CT molecular complexity index is 1240. The number of fused-ring (bicyclic) bond motifs is 2. The zero-order valence-corrected chi connectivity index (χ0v) is 17.2. The predicted molar refractivity (Wildman–Crippen MR) is 117 cm³/mol. The topological polar surface area (TPSA) is 52.8 Å². The van der Waals surface area contributed by atoms with Gasteiger partial charge >= 0.3 is 0 Å². The highest BCUT2D eigenvalue weighted by molar-refractivity contribution is 7.16. The lowest BCUT2D eigenvalue weighted by Gasteiger charge is -2.09. The lowest BCUT2D eigenvalue weighted by Crippen LogP contribution is -2.19. The van der Waals surface area contributed by atoms with E-state index in [1.165, 1.54) is 11.3 Å². The van der Waals surface area contributed by atoms with Crippen LogP contribution in [0.3, 0.4) is 0 Å². The number of hydrogen-bond acceptors (Lipinski definition) is 4. The van der Waals surface area contributed by atoms with Crippen molar-refractivity contribution in [2.45, 2.75) is 13.5 Å². The summed E-state index contributed by atoms with van der Waals surface area (Å²) in [5, 5.41) is 2.12. The normalized spacial score (nSPS) is 12.0. The quantitative estimate of drug-likeness (QED) is 0.469. The van der Waals surface area contributed by atoms with Gasteiger partial charge in [0.05, 0.1) is 17.9 Å². The molecule has 0 saturated heterocycles. The van der Waals surface area contributed by atoms with Crippen LogP contribution < -0.4 is 9.54 Å². The summed E-state index contributed by atoms with van der Waals surface area (Å²) in [6.45, 7) is 3.63. The van der Waals surface area contributed by atoms with Gasteiger partial charge < -0.3 is 14.0 Å². The first-order chi connectivity index (χ1) is 14.2. The summed E-state index contributed by atoms with van der Waals surface area (Å²) in [5.41, 5.74) is 1.52. The summed E-state index contributed by atoms with van der Waals surface area (Å²) in [6, 6.07) is 19.6. The minimum Gasteiger partial charge on any atom is -0.492 e. The molecule has 4 aromatic rings. The minimum absolute atomic E-state index is 0.258. The Balaban J connectivity index is 1.83. The van der Waals surface area contributed by atoms with E-state index in [0.29, 0.717) is 30.1 Å². The number of hydrogen-bond donors (Lipinski definition) is 0. The number of benzene rings is 3. The number of carbonyl (C=O) groups is 1. The van der Waals surface area contributed by atoms with Crippen LogP contribution in [0.5, 0.6) is 5.75 Å². The Labute approximate surface area is 172 Å². The van der Waals surface area contributed by atoms with Gasteiger partial charge in [0.2, 0.25) is 0 Å². The van der Waals surface area contributed by atoms with Crippen LogP contribution in [0.25, 0.3) is 21.0 Å². The summed E-state index contributed by atoms with van der Waals surface area (Å²) < 4.78 is 14.1. The first kappa shape index (κ1) is 19.4. The molecule has 1 aromatic heterocycles. The number of aromatic nitrogens is 1. The van der Waals surface area contributed by atoms with Crippen LogP contribution in [0.1, 0.15) is 17.3 Å². The average molecular weight is 407 g/mol. The zero-order valence-electron chi connectivity index (χ0n) is 16.4. The summed E-state index contributed by atoms with van der Waals surface area (Å²) in [4.78, 5) is 18.0. The number of thiazole rings is 1. The van der Waals surface area contributed by atoms with Crippen molar-refractivity contribution in [3.63, 3.8) is 0 Å². The van der Waals surface area contributed by atoms with E-state index in [0.717, 1.165) is 26.7 Å². The molecule has 1 heterocycles. The Morgan fingerprint density at radius 3 is 2.69 bits per heavy atom. The minimum atomic E-state index is -0.258. The molecule has 0 aliphatic heterocycles. The molecule has 0 radical (unpaired) electrons. The molecule has 3 aromatic carbocycles. The molecule has 0 bridgehead atoms. The van der Waals surface area contributed by atoms with E-state index in [-0.39, 0.29) is 5.91 Å². The molecule has 0 atom stereocenters. The highest BCUT2D eigenvalue weighted by atomic mass is 32.1. The van der Waals surface area contributed by atoms with Crippen molar-refractivity contribution in [2.24, 2.45) is 4.99 Å². The Kier molecular flexibility index (Phi) is 5.74. The fraction of sp³-hybridized carbons (Fsp3) is 0.217. The number of methoxy groups -OCH3 is 1. The van der Waals surface area contributed by atoms with Crippen LogP contribution in [-0.2, 0) is 11.3 Å². The second-order valence-corrected chi connectivity index (χ2v) is 7.55. The number of nitrogens with zero attached hydrogens (tertiary/aromatic N) is 2. The summed E-state index contributed by atoms with van der Waals surface area (Å²) in [5.74, 6) is 0.531. The van der Waals surface area contributed by atoms with E-state index in [1.807, 2.05) is 72.2 Å². The number of carbonyl (C=O) groups excluding carboxylic acids is 1. The van der Waals surface area contributed by atoms with Gasteiger partial charge in [0.15, 0.2) is 4.80 Å². The van der Waals surface area contributed by atoms with Gasteiger partial charge in [0, 0.05) is 19.2 Å². The van der Waals surface area contributed by atoms with Gasteiger partial charge in [-0.05, 0) is 42.0 Å². The number of ether oxygens (including phenoxy) is 2. The Morgan fingerprint density at radius 1 is 1.07 bits per heavy atom. The highest BCUT2D eigenvalue weighted by Crippen LogP contribution is 2.27. The van der Waals surface area contributed by atoms with Crippen LogP contribution in [0.4, 0.5) is 0 Å². The number of para-hydroxylation sites is 1. The lowest BCUT2D eigenvalue weighted by molar-refractivity contribution is 0.0997. The Morgan fingerprint density at radius 2 is 1.90 bits per heavy atom. The van der Waals surface area contributed by atoms with Crippen molar-refractivity contribution >= 4 is 38.2 Å². The second-order valence-electron chi connectivity index (χ2n) is 6.54. The maximum Gasteiger partial charge on any atom is 0.279 e. The fourth-order valence-electron chi connectivity index (χ4n) is 3.32. The molecule has 0 aliphatic rings. The lowest BCUT2D eigenvalue weighted by atomic mass is 10.1. The van der Waals surface area contributed by atoms with E-state index in [2.05, 4.69) is 4.99 Å². The molecule has 1 amide bonds. The number of amides is 1. The van der Waals surface area contributed by atoms with Crippen molar-refractivity contribution in [1.29, 1.82) is 0 Å². The van der Waals surface area contributed by atoms with Crippen LogP contribution >= 0.6 is 11.3 Å². The van der Waals surface area contributed by atoms with Crippen LogP contribution in [0.15, 0.2) is 65.7 Å². The molecular weight excluding hydrogens is 384 g/mol. The molecule has 0 N–H and O–H groups in total. The van der Waals surface area contributed by atoms with Gasteiger partial charge in [-0.1, -0.05) is 47.7 Å². The van der Waals surface area contributed by atoms with E-state index in [1.54, 1.807) is 7.11 Å². The first-order valence-electron chi connectivity index (χ1n) is 9.53. The SMILES string of the molecule is CCOc1cccc2sc(=NC(=O)c3ccc4ccccc4c3)n(CCOC)c12. The van der Waals surface area contributed by atoms with Crippen LogP contribution in [-0.4, -0.2) is 30.8 Å². The third-order valence-electron chi connectivity index (χ3n) is 4.68. The standard InChI is InChI=1S/C23H22N2O3S/c1-3-28-19-9-6-10-20-21(19)25(13-14-27-2)23(29-20)24-22(26)18-12-11-16-7-4-5-8-17(16)15-18/h4-12,15H,3,13-14H2,1-2H3. The van der Waals surface area contributed by atoms with Gasteiger partial charge in [0.25, 0.3) is 5.91 Å². The summed E-state index contributed by atoms with van der Waals surface area (Å²) >= 11 is 1.48. The fourth-order valence-corrected chi connectivity index (χ4v) is 4.39. The molecule has 148 valence electrons. The molecule has 29 heavy (non-hydrogen) atoms. The first-order valence-corrected chi connectivity index (χ1v) is 10.3. The van der Waals surface area contributed by atoms with Crippen molar-refractivity contribution in [3.8, 4) is 5.75 Å². The molecule has 0 saturated carbocycles. The molecule has 0 unspecified atom stereocenters. The smallest absolute Gasteiger partial charge is 0.279 e. The van der Waals surface area contributed by atoms with Crippen molar-refractivity contribution in [2.75, 3.05) is 20.3 Å². The Hall–Kier alpha value is -2.96. The van der Waals surface area contributed by atoms with Crippen molar-refractivity contribution in [1.82, 2.24) is 4.57 Å². The van der Waals surface area contributed by atoms with Crippen molar-refractivity contribution in [3.05, 3.63) is 71.0 Å². The molecular formula is C23H22N2O3S. The average Bonchev–Trinajstić information content (AvgIpc) is 3.10. The van der Waals surface area contributed by atoms with Crippen LogP contribution in [0, 0.1) is 0 Å². The third kappa shape index (κ3) is 3.95. The maximum atomic E-state index is 12.9. The largest absolute Gasteiger partial charge is 0.492 e. The highest BCUT2D eigenvalue weighted by Gasteiger charge is 2.13. The second kappa shape index (κ2) is 8.59. The van der Waals surface area contributed by atoms with Gasteiger partial charge in [0.1, 0.15) is 11.3 Å². The van der Waals surface area contributed by atoms with Gasteiger partial charge in [-0.2, -0.15) is 4.99 Å². The summed E-state index contributed by atoms with van der Waals surface area (Å²) in [7, 11) is 1.66. The van der Waals surface area contributed by atoms with Gasteiger partial charge in [-0.3, -0.25) is 4.79 Å². The van der Waals surface area contributed by atoms with Crippen molar-refractivity contribution < 1.29 is 14.3 Å². The third-order valence-corrected chi connectivity index (χ3v) is 5.72. The molecule has 0 spiro atoms. The van der Waals surface area contributed by atoms with Gasteiger partial charge in [-0.25, -0.2) is 0 Å². The predicted octanol–water partition coefficient (Wildman–Crippen LogP) is 4.64. The molecule has 6 heteroatoms. The molecule has 5 nitrogen and oxygen atoms in total. The van der Waals surface area contributed by atoms with E-state index in [9.17, 15) is 4.79 Å². The van der Waals surface area contributed by atoms with Gasteiger partial charge in [-0.15, -0.1) is 0 Å². The number of rotatable bonds is 6. The summed E-state index contributed by atoms with van der Waals surface area (Å²) in [6.07, 6.45) is 0. The molecule has 0 fully saturated rings. The van der Waals surface area contributed by atoms with E-state index in [4.69, 9.17) is 9.47 Å². The van der Waals surface area contributed by atoms with Crippen LogP contribution in [0.2, 0.25) is 0 Å². The van der Waals surface area contributed by atoms with E-state index < -0.39 is 0 Å². The molecule has 0 aliphatic carbocycles. The monoisotopic (exact) mass is 406 g/mol.